The number of carbonyl (C=O) groups is 2. The van der Waals surface area contributed by atoms with E-state index < -0.39 is 5.41 Å². The maximum atomic E-state index is 11.0. The van der Waals surface area contributed by atoms with Crippen LogP contribution in [0, 0.1) is 5.41 Å². The zero-order valence-electron chi connectivity index (χ0n) is 8.63. The van der Waals surface area contributed by atoms with Crippen LogP contribution in [0.5, 0.6) is 0 Å². The summed E-state index contributed by atoms with van der Waals surface area (Å²) in [4.78, 5) is 21.9. The van der Waals surface area contributed by atoms with Crippen molar-refractivity contribution in [2.45, 2.75) is 39.5 Å². The molecule has 0 aromatic heterocycles. The van der Waals surface area contributed by atoms with E-state index >= 15 is 0 Å². The van der Waals surface area contributed by atoms with Gasteiger partial charge in [0.1, 0.15) is 6.29 Å². The van der Waals surface area contributed by atoms with Gasteiger partial charge in [-0.15, -0.1) is 0 Å². The highest BCUT2D eigenvalue weighted by Gasteiger charge is 2.30. The molecule has 3 nitrogen and oxygen atoms in total. The Kier molecular flexibility index (Phi) is 5.35. The molecule has 3 heteroatoms. The number of esters is 1. The van der Waals surface area contributed by atoms with Gasteiger partial charge in [-0.2, -0.15) is 0 Å². The summed E-state index contributed by atoms with van der Waals surface area (Å²) in [5.74, 6) is -0.303. The molecule has 0 rings (SSSR count). The Morgan fingerprint density at radius 1 is 1.46 bits per heavy atom. The van der Waals surface area contributed by atoms with Crippen LogP contribution in [0.25, 0.3) is 0 Å². The summed E-state index contributed by atoms with van der Waals surface area (Å²) in [6.07, 6.45) is 3.45. The Morgan fingerprint density at radius 2 is 2.08 bits per heavy atom. The molecule has 0 aliphatic carbocycles. The quantitative estimate of drug-likeness (QED) is 0.470. The maximum absolute atomic E-state index is 11.0. The molecular formula is C10H18O3. The highest BCUT2D eigenvalue weighted by atomic mass is 16.5. The molecule has 0 amide bonds. The van der Waals surface area contributed by atoms with Gasteiger partial charge < -0.3 is 9.53 Å². The lowest BCUT2D eigenvalue weighted by Crippen LogP contribution is -2.26. The van der Waals surface area contributed by atoms with Crippen LogP contribution < -0.4 is 0 Å². The van der Waals surface area contributed by atoms with Crippen molar-refractivity contribution in [3.8, 4) is 0 Å². The van der Waals surface area contributed by atoms with Crippen molar-refractivity contribution in [1.29, 1.82) is 0 Å². The van der Waals surface area contributed by atoms with Crippen molar-refractivity contribution in [2.24, 2.45) is 5.41 Å². The molecule has 0 saturated heterocycles. The van der Waals surface area contributed by atoms with Crippen molar-refractivity contribution in [1.82, 2.24) is 0 Å². The lowest BCUT2D eigenvalue weighted by molar-refractivity contribution is -0.145. The summed E-state index contributed by atoms with van der Waals surface area (Å²) in [5, 5.41) is 0. The topological polar surface area (TPSA) is 43.4 Å². The fourth-order valence-corrected chi connectivity index (χ4v) is 1.43. The number of methoxy groups -OCH3 is 1. The average molecular weight is 186 g/mol. The molecule has 0 N–H and O–H groups in total. The molecule has 1 atom stereocenters. The van der Waals surface area contributed by atoms with E-state index in [2.05, 4.69) is 4.74 Å². The first-order valence-corrected chi connectivity index (χ1v) is 4.67. The lowest BCUT2D eigenvalue weighted by Gasteiger charge is -2.24. The zero-order valence-corrected chi connectivity index (χ0v) is 8.63. The SMILES string of the molecule is CCCC(C=O)(CC)CC(=O)OC. The van der Waals surface area contributed by atoms with Gasteiger partial charge in [0.05, 0.1) is 13.5 Å². The van der Waals surface area contributed by atoms with Crippen LogP contribution >= 0.6 is 0 Å². The second kappa shape index (κ2) is 5.73. The van der Waals surface area contributed by atoms with E-state index in [4.69, 9.17) is 0 Å². The molecule has 0 heterocycles. The molecule has 0 aliphatic heterocycles. The minimum absolute atomic E-state index is 0.206. The summed E-state index contributed by atoms with van der Waals surface area (Å²) in [6.45, 7) is 3.93. The Bertz CT molecular complexity index is 177. The van der Waals surface area contributed by atoms with Crippen molar-refractivity contribution >= 4 is 12.3 Å². The normalized spacial score (nSPS) is 14.7. The van der Waals surface area contributed by atoms with E-state index in [1.165, 1.54) is 7.11 Å². The van der Waals surface area contributed by atoms with Crippen molar-refractivity contribution < 1.29 is 14.3 Å². The third-order valence-electron chi connectivity index (χ3n) is 2.43. The van der Waals surface area contributed by atoms with Gasteiger partial charge in [0, 0.05) is 5.41 Å². The van der Waals surface area contributed by atoms with Crippen LogP contribution in [-0.4, -0.2) is 19.4 Å². The maximum Gasteiger partial charge on any atom is 0.306 e. The second-order valence-electron chi connectivity index (χ2n) is 3.34. The van der Waals surface area contributed by atoms with Crippen molar-refractivity contribution in [2.75, 3.05) is 7.11 Å². The summed E-state index contributed by atoms with van der Waals surface area (Å²) in [7, 11) is 1.35. The summed E-state index contributed by atoms with van der Waals surface area (Å²) < 4.78 is 4.56. The Morgan fingerprint density at radius 3 is 2.38 bits per heavy atom. The van der Waals surface area contributed by atoms with Crippen LogP contribution in [0.2, 0.25) is 0 Å². The van der Waals surface area contributed by atoms with Crippen LogP contribution in [0.4, 0.5) is 0 Å². The standard InChI is InChI=1S/C10H18O3/c1-4-6-10(5-2,8-11)7-9(12)13-3/h8H,4-7H2,1-3H3. The number of carbonyl (C=O) groups excluding carboxylic acids is 2. The van der Waals surface area contributed by atoms with Gasteiger partial charge in [-0.05, 0) is 12.8 Å². The van der Waals surface area contributed by atoms with E-state index in [9.17, 15) is 9.59 Å². The average Bonchev–Trinajstić information content (AvgIpc) is 2.17. The van der Waals surface area contributed by atoms with Crippen LogP contribution in [0.1, 0.15) is 39.5 Å². The van der Waals surface area contributed by atoms with Gasteiger partial charge in [-0.3, -0.25) is 4.79 Å². The van der Waals surface area contributed by atoms with Gasteiger partial charge in [-0.1, -0.05) is 20.3 Å². The zero-order chi connectivity index (χ0) is 10.3. The van der Waals surface area contributed by atoms with E-state index in [1.54, 1.807) is 0 Å². The molecule has 0 bridgehead atoms. The first-order valence-electron chi connectivity index (χ1n) is 4.67. The third kappa shape index (κ3) is 3.57. The number of hydrogen-bond donors (Lipinski definition) is 0. The first-order chi connectivity index (χ1) is 6.14. The smallest absolute Gasteiger partial charge is 0.306 e. The van der Waals surface area contributed by atoms with E-state index in [1.807, 2.05) is 13.8 Å². The molecule has 0 aromatic carbocycles. The van der Waals surface area contributed by atoms with Crippen LogP contribution in [0.15, 0.2) is 0 Å². The van der Waals surface area contributed by atoms with Gasteiger partial charge in [0.2, 0.25) is 0 Å². The summed E-state index contributed by atoms with van der Waals surface area (Å²) in [6, 6.07) is 0. The van der Waals surface area contributed by atoms with E-state index in [0.29, 0.717) is 6.42 Å². The Balaban J connectivity index is 4.37. The fourth-order valence-electron chi connectivity index (χ4n) is 1.43. The summed E-state index contributed by atoms with van der Waals surface area (Å²) >= 11 is 0. The lowest BCUT2D eigenvalue weighted by atomic mass is 9.79. The monoisotopic (exact) mass is 186 g/mol. The van der Waals surface area contributed by atoms with Crippen molar-refractivity contribution in [3.05, 3.63) is 0 Å². The minimum Gasteiger partial charge on any atom is -0.469 e. The molecular weight excluding hydrogens is 168 g/mol. The van der Waals surface area contributed by atoms with E-state index in [0.717, 1.165) is 19.1 Å². The number of aldehydes is 1. The number of ether oxygens (including phenoxy) is 1. The van der Waals surface area contributed by atoms with Crippen LogP contribution in [0.3, 0.4) is 0 Å². The Hall–Kier alpha value is -0.860. The highest BCUT2D eigenvalue weighted by Crippen LogP contribution is 2.29. The Labute approximate surface area is 79.5 Å². The molecule has 0 aliphatic rings. The molecule has 1 unspecified atom stereocenters. The third-order valence-corrected chi connectivity index (χ3v) is 2.43. The van der Waals surface area contributed by atoms with Gasteiger partial charge in [0.15, 0.2) is 0 Å². The largest absolute Gasteiger partial charge is 0.469 e. The number of hydrogen-bond acceptors (Lipinski definition) is 3. The predicted molar refractivity (Wildman–Crippen MR) is 50.3 cm³/mol. The minimum atomic E-state index is -0.498. The molecule has 13 heavy (non-hydrogen) atoms. The van der Waals surface area contributed by atoms with E-state index in [-0.39, 0.29) is 12.4 Å². The fraction of sp³-hybridized carbons (Fsp3) is 0.800. The predicted octanol–water partition coefficient (Wildman–Crippen LogP) is 1.94. The second-order valence-corrected chi connectivity index (χ2v) is 3.34. The molecule has 76 valence electrons. The summed E-state index contributed by atoms with van der Waals surface area (Å²) in [5.41, 5.74) is -0.498. The molecule has 0 aromatic rings. The van der Waals surface area contributed by atoms with Crippen molar-refractivity contribution in [3.63, 3.8) is 0 Å². The number of rotatable bonds is 6. The van der Waals surface area contributed by atoms with Gasteiger partial charge in [-0.25, -0.2) is 0 Å². The highest BCUT2D eigenvalue weighted by molar-refractivity contribution is 5.75. The molecule has 0 radical (unpaired) electrons. The van der Waals surface area contributed by atoms with Gasteiger partial charge in [0.25, 0.3) is 0 Å². The first kappa shape index (κ1) is 12.1. The van der Waals surface area contributed by atoms with Gasteiger partial charge >= 0.3 is 5.97 Å². The molecule has 0 fully saturated rings. The van der Waals surface area contributed by atoms with Crippen LogP contribution in [-0.2, 0) is 14.3 Å². The molecule has 0 spiro atoms. The molecule has 0 saturated carbocycles.